The summed E-state index contributed by atoms with van der Waals surface area (Å²) in [5, 5.41) is 7.32. The van der Waals surface area contributed by atoms with Crippen molar-refractivity contribution in [3.8, 4) is 56.4 Å². The van der Waals surface area contributed by atoms with E-state index in [0.29, 0.717) is 17.5 Å². The standard InChI is InChI=1S/C48H33N3/c1-48(2)41-25-13-12-23-38(41)44-39(24-14-26-42(44)48)47-50-45(31-16-4-3-5-17-31)49-46(51-47)37-22-11-10-21-35(37)43-34-20-9-7-18-32(34)29-40-33-19-8-6-15-30(33)27-28-36(40)43/h3-29H,1-2H3. The van der Waals surface area contributed by atoms with Crippen molar-refractivity contribution in [3.63, 3.8) is 0 Å². The second-order valence-electron chi connectivity index (χ2n) is 14.0. The van der Waals surface area contributed by atoms with E-state index in [0.717, 1.165) is 22.3 Å². The molecule has 240 valence electrons. The van der Waals surface area contributed by atoms with E-state index < -0.39 is 0 Å². The zero-order valence-electron chi connectivity index (χ0n) is 28.4. The van der Waals surface area contributed by atoms with Gasteiger partial charge in [0.15, 0.2) is 17.5 Å². The number of aromatic nitrogens is 3. The van der Waals surface area contributed by atoms with Crippen molar-refractivity contribution in [3.05, 3.63) is 175 Å². The van der Waals surface area contributed by atoms with Crippen LogP contribution in [0.15, 0.2) is 164 Å². The third-order valence-electron chi connectivity index (χ3n) is 10.7. The Bertz CT molecular complexity index is 2830. The summed E-state index contributed by atoms with van der Waals surface area (Å²) < 4.78 is 0. The Hall–Kier alpha value is -6.45. The molecule has 51 heavy (non-hydrogen) atoms. The SMILES string of the molecule is CC1(C)c2ccccc2-c2c(-c3nc(-c4ccccc4)nc(-c4ccccc4-c4c5ccccc5cc5c4ccc4ccccc45)n3)cccc21. The lowest BCUT2D eigenvalue weighted by Crippen LogP contribution is -2.14. The van der Waals surface area contributed by atoms with Crippen LogP contribution in [0.25, 0.3) is 88.7 Å². The van der Waals surface area contributed by atoms with Gasteiger partial charge in [-0.05, 0) is 71.8 Å². The molecule has 8 aromatic carbocycles. The highest BCUT2D eigenvalue weighted by Gasteiger charge is 2.37. The van der Waals surface area contributed by atoms with Crippen molar-refractivity contribution in [2.24, 2.45) is 0 Å². The van der Waals surface area contributed by atoms with Crippen molar-refractivity contribution >= 4 is 32.3 Å². The van der Waals surface area contributed by atoms with Gasteiger partial charge in [0.05, 0.1) is 0 Å². The molecule has 0 saturated heterocycles. The summed E-state index contributed by atoms with van der Waals surface area (Å²) >= 11 is 0. The highest BCUT2D eigenvalue weighted by atomic mass is 15.0. The predicted octanol–water partition coefficient (Wildman–Crippen LogP) is 12.3. The Morgan fingerprint density at radius 1 is 0.353 bits per heavy atom. The van der Waals surface area contributed by atoms with Crippen LogP contribution in [0.3, 0.4) is 0 Å². The molecule has 0 aliphatic heterocycles. The molecule has 1 aliphatic rings. The average molecular weight is 652 g/mol. The predicted molar refractivity (Wildman–Crippen MR) is 212 cm³/mol. The third kappa shape index (κ3) is 4.55. The molecular formula is C48H33N3. The lowest BCUT2D eigenvalue weighted by atomic mass is 9.82. The van der Waals surface area contributed by atoms with Gasteiger partial charge in [-0.15, -0.1) is 0 Å². The molecule has 0 amide bonds. The Kier molecular flexibility index (Phi) is 6.53. The number of hydrogen-bond acceptors (Lipinski definition) is 3. The van der Waals surface area contributed by atoms with Gasteiger partial charge in [-0.3, -0.25) is 0 Å². The van der Waals surface area contributed by atoms with Gasteiger partial charge in [-0.1, -0.05) is 172 Å². The second-order valence-corrected chi connectivity index (χ2v) is 14.0. The Morgan fingerprint density at radius 3 is 1.76 bits per heavy atom. The van der Waals surface area contributed by atoms with E-state index in [2.05, 4.69) is 159 Å². The van der Waals surface area contributed by atoms with Crippen LogP contribution in [0.5, 0.6) is 0 Å². The smallest absolute Gasteiger partial charge is 0.164 e. The number of benzene rings is 8. The summed E-state index contributed by atoms with van der Waals surface area (Å²) in [7, 11) is 0. The molecule has 0 N–H and O–H groups in total. The van der Waals surface area contributed by atoms with Crippen LogP contribution in [-0.4, -0.2) is 15.0 Å². The minimum absolute atomic E-state index is 0.133. The molecule has 3 heteroatoms. The maximum Gasteiger partial charge on any atom is 0.164 e. The van der Waals surface area contributed by atoms with Gasteiger partial charge >= 0.3 is 0 Å². The van der Waals surface area contributed by atoms with E-state index >= 15 is 0 Å². The van der Waals surface area contributed by atoms with Crippen molar-refractivity contribution in [1.29, 1.82) is 0 Å². The Balaban J connectivity index is 1.27. The summed E-state index contributed by atoms with van der Waals surface area (Å²) in [5.41, 5.74) is 10.1. The summed E-state index contributed by atoms with van der Waals surface area (Å²) in [6.45, 7) is 4.62. The zero-order valence-corrected chi connectivity index (χ0v) is 28.4. The van der Waals surface area contributed by atoms with Gasteiger partial charge in [0.1, 0.15) is 0 Å². The Labute approximate surface area is 297 Å². The summed E-state index contributed by atoms with van der Waals surface area (Å²) in [5.74, 6) is 1.98. The fraction of sp³-hybridized carbons (Fsp3) is 0.0625. The molecule has 0 radical (unpaired) electrons. The Morgan fingerprint density at radius 2 is 0.941 bits per heavy atom. The minimum Gasteiger partial charge on any atom is -0.208 e. The van der Waals surface area contributed by atoms with Crippen LogP contribution >= 0.6 is 0 Å². The second kappa shape index (κ2) is 11.3. The van der Waals surface area contributed by atoms with Gasteiger partial charge in [0, 0.05) is 22.1 Å². The number of rotatable bonds is 4. The molecule has 9 aromatic rings. The van der Waals surface area contributed by atoms with Gasteiger partial charge in [0.25, 0.3) is 0 Å². The van der Waals surface area contributed by atoms with Crippen LogP contribution in [0.1, 0.15) is 25.0 Å². The first-order valence-electron chi connectivity index (χ1n) is 17.5. The molecule has 1 aromatic heterocycles. The zero-order chi connectivity index (χ0) is 34.1. The first kappa shape index (κ1) is 29.5. The molecule has 1 heterocycles. The molecule has 0 spiro atoms. The largest absolute Gasteiger partial charge is 0.208 e. The van der Waals surface area contributed by atoms with Crippen LogP contribution in [0, 0.1) is 0 Å². The van der Waals surface area contributed by atoms with Gasteiger partial charge < -0.3 is 0 Å². The normalized spacial score (nSPS) is 13.1. The highest BCUT2D eigenvalue weighted by molar-refractivity contribution is 6.21. The van der Waals surface area contributed by atoms with Crippen molar-refractivity contribution in [2.45, 2.75) is 19.3 Å². The molecule has 10 rings (SSSR count). The molecular weight excluding hydrogens is 619 g/mol. The quantitative estimate of drug-likeness (QED) is 0.140. The fourth-order valence-corrected chi connectivity index (χ4v) is 8.28. The maximum absolute atomic E-state index is 5.37. The van der Waals surface area contributed by atoms with Crippen molar-refractivity contribution in [2.75, 3.05) is 0 Å². The van der Waals surface area contributed by atoms with E-state index in [9.17, 15) is 0 Å². The van der Waals surface area contributed by atoms with E-state index in [1.807, 2.05) is 18.2 Å². The number of nitrogens with zero attached hydrogens (tertiary/aromatic N) is 3. The summed E-state index contributed by atoms with van der Waals surface area (Å²) in [6.07, 6.45) is 0. The molecule has 1 aliphatic carbocycles. The lowest BCUT2D eigenvalue weighted by Gasteiger charge is -2.21. The highest BCUT2D eigenvalue weighted by Crippen LogP contribution is 2.52. The van der Waals surface area contributed by atoms with Crippen LogP contribution in [0.2, 0.25) is 0 Å². The molecule has 0 fully saturated rings. The molecule has 3 nitrogen and oxygen atoms in total. The number of hydrogen-bond donors (Lipinski definition) is 0. The van der Waals surface area contributed by atoms with Gasteiger partial charge in [0.2, 0.25) is 0 Å². The van der Waals surface area contributed by atoms with E-state index in [1.54, 1.807) is 0 Å². The van der Waals surface area contributed by atoms with Crippen molar-refractivity contribution in [1.82, 2.24) is 15.0 Å². The van der Waals surface area contributed by atoms with Crippen LogP contribution in [0.4, 0.5) is 0 Å². The van der Waals surface area contributed by atoms with Crippen molar-refractivity contribution < 1.29 is 0 Å². The van der Waals surface area contributed by atoms with Crippen LogP contribution < -0.4 is 0 Å². The number of fused-ring (bicyclic) bond motifs is 7. The lowest BCUT2D eigenvalue weighted by molar-refractivity contribution is 0.660. The summed E-state index contributed by atoms with van der Waals surface area (Å²) in [4.78, 5) is 15.8. The fourth-order valence-electron chi connectivity index (χ4n) is 8.28. The molecule has 0 bridgehead atoms. The maximum atomic E-state index is 5.37. The first-order valence-corrected chi connectivity index (χ1v) is 17.5. The van der Waals surface area contributed by atoms with E-state index in [1.165, 1.54) is 60.1 Å². The third-order valence-corrected chi connectivity index (χ3v) is 10.7. The minimum atomic E-state index is -0.133. The first-order chi connectivity index (χ1) is 25.1. The van der Waals surface area contributed by atoms with Crippen LogP contribution in [-0.2, 0) is 5.41 Å². The topological polar surface area (TPSA) is 38.7 Å². The molecule has 0 unspecified atom stereocenters. The summed E-state index contributed by atoms with van der Waals surface area (Å²) in [6, 6.07) is 58.4. The van der Waals surface area contributed by atoms with E-state index in [-0.39, 0.29) is 5.41 Å². The molecule has 0 atom stereocenters. The van der Waals surface area contributed by atoms with Gasteiger partial charge in [-0.25, -0.2) is 15.0 Å². The molecule has 0 saturated carbocycles. The van der Waals surface area contributed by atoms with Gasteiger partial charge in [-0.2, -0.15) is 0 Å². The average Bonchev–Trinajstić information content (AvgIpc) is 3.43. The monoisotopic (exact) mass is 651 g/mol. The van der Waals surface area contributed by atoms with E-state index in [4.69, 9.17) is 15.0 Å².